The standard InChI is InChI=1S/C46H20B8O/c47-39-35-33(21-8-2-1-3-9-21)36-38(42(50)46(54)44(52)40(36)48)34(37(35)41(49)45(53)43(39)51)28-16-15-25(26-12-6-7-13-27(26)28)24-14-17-31-29(19-24)30-18-22-10-4-5-11-23(22)20-32(30)55-31/h1-20H. The molecule has 0 aliphatic rings. The van der Waals surface area contributed by atoms with E-state index in [4.69, 9.17) is 67.2 Å². The Morgan fingerprint density at radius 3 is 1.38 bits per heavy atom. The van der Waals surface area contributed by atoms with Crippen LogP contribution in [0, 0.1) is 0 Å². The third kappa shape index (κ3) is 4.85. The lowest BCUT2D eigenvalue weighted by atomic mass is 9.59. The topological polar surface area (TPSA) is 13.1 Å². The maximum atomic E-state index is 7.01. The zero-order valence-corrected chi connectivity index (χ0v) is 29.6. The highest BCUT2D eigenvalue weighted by atomic mass is 16.3. The Kier molecular flexibility index (Phi) is 7.66. The minimum Gasteiger partial charge on any atom is -0.456 e. The van der Waals surface area contributed by atoms with Gasteiger partial charge in [0, 0.05) is 10.8 Å². The van der Waals surface area contributed by atoms with Crippen LogP contribution in [0.5, 0.6) is 0 Å². The van der Waals surface area contributed by atoms with Gasteiger partial charge in [0.05, 0.1) is 0 Å². The van der Waals surface area contributed by atoms with Crippen LogP contribution in [-0.2, 0) is 0 Å². The van der Waals surface area contributed by atoms with Gasteiger partial charge < -0.3 is 4.42 Å². The molecule has 0 atom stereocenters. The molecule has 0 saturated heterocycles. The van der Waals surface area contributed by atoms with Crippen LogP contribution in [0.2, 0.25) is 0 Å². The first-order chi connectivity index (χ1) is 26.6. The van der Waals surface area contributed by atoms with Gasteiger partial charge >= 0.3 is 0 Å². The second-order valence-corrected chi connectivity index (χ2v) is 14.1. The van der Waals surface area contributed by atoms with Gasteiger partial charge in [0.1, 0.15) is 73.9 Å². The van der Waals surface area contributed by atoms with Crippen LogP contribution in [0.3, 0.4) is 0 Å². The summed E-state index contributed by atoms with van der Waals surface area (Å²) in [5.74, 6) is 0. The number of hydrogen-bond donors (Lipinski definition) is 0. The summed E-state index contributed by atoms with van der Waals surface area (Å²) in [4.78, 5) is 0. The Bertz CT molecular complexity index is 3220. The molecule has 9 heteroatoms. The van der Waals surface area contributed by atoms with Crippen LogP contribution in [0.4, 0.5) is 0 Å². The van der Waals surface area contributed by atoms with E-state index < -0.39 is 0 Å². The van der Waals surface area contributed by atoms with E-state index in [9.17, 15) is 0 Å². The van der Waals surface area contributed by atoms with Gasteiger partial charge in [-0.25, -0.2) is 0 Å². The number of rotatable bonds is 3. The van der Waals surface area contributed by atoms with Crippen molar-refractivity contribution >= 4 is 172 Å². The molecule has 55 heavy (non-hydrogen) atoms. The van der Waals surface area contributed by atoms with Crippen LogP contribution in [0.1, 0.15) is 0 Å². The van der Waals surface area contributed by atoms with Gasteiger partial charge in [-0.05, 0) is 101 Å². The largest absolute Gasteiger partial charge is 0.456 e. The molecule has 0 fully saturated rings. The van der Waals surface area contributed by atoms with Crippen molar-refractivity contribution in [2.75, 3.05) is 0 Å². The van der Waals surface area contributed by atoms with Crippen LogP contribution in [-0.4, -0.2) is 62.8 Å². The quantitative estimate of drug-likeness (QED) is 0.207. The molecule has 0 unspecified atom stereocenters. The van der Waals surface area contributed by atoms with Gasteiger partial charge in [-0.1, -0.05) is 119 Å². The van der Waals surface area contributed by atoms with Crippen molar-refractivity contribution in [3.05, 3.63) is 121 Å². The fraction of sp³-hybridized carbons (Fsp3) is 0. The molecule has 1 aromatic heterocycles. The Labute approximate surface area is 329 Å². The monoisotopic (exact) mass is 676 g/mol. The highest BCUT2D eigenvalue weighted by Gasteiger charge is 2.25. The zero-order valence-electron chi connectivity index (χ0n) is 29.6. The molecule has 0 spiro atoms. The van der Waals surface area contributed by atoms with Crippen LogP contribution < -0.4 is 43.7 Å². The molecule has 0 amide bonds. The second-order valence-electron chi connectivity index (χ2n) is 14.1. The van der Waals surface area contributed by atoms with Crippen molar-refractivity contribution in [3.8, 4) is 33.4 Å². The summed E-state index contributed by atoms with van der Waals surface area (Å²) >= 11 is 0. The maximum absolute atomic E-state index is 7.01. The SMILES string of the molecule is [B]c1c([B])c([B])c2c(-c3ccc(-c4ccc5oc6cc7ccccc7cc6c5c4)c4ccccc34)c3c([B])c([B])c([B])c([B])c3c(-c3ccccc3)c2c1[B]. The molecule has 0 saturated carbocycles. The molecule has 234 valence electrons. The molecule has 9 aromatic carbocycles. The summed E-state index contributed by atoms with van der Waals surface area (Å²) in [6, 6.07) is 41.0. The fourth-order valence-electron chi connectivity index (χ4n) is 8.51. The van der Waals surface area contributed by atoms with E-state index in [0.717, 1.165) is 65.7 Å². The van der Waals surface area contributed by atoms with E-state index in [1.165, 1.54) is 0 Å². The molecule has 1 nitrogen and oxygen atoms in total. The number of furan rings is 1. The minimum absolute atomic E-state index is 0.175. The van der Waals surface area contributed by atoms with Gasteiger partial charge in [-0.15, -0.1) is 21.9 Å². The molecule has 0 bridgehead atoms. The molecule has 10 aromatic rings. The summed E-state index contributed by atoms with van der Waals surface area (Å²) in [6.45, 7) is 0. The van der Waals surface area contributed by atoms with E-state index in [1.54, 1.807) is 0 Å². The molecule has 16 radical (unpaired) electrons. The third-order valence-electron chi connectivity index (χ3n) is 11.2. The van der Waals surface area contributed by atoms with Crippen molar-refractivity contribution in [2.45, 2.75) is 0 Å². The second kappa shape index (κ2) is 12.4. The van der Waals surface area contributed by atoms with Crippen molar-refractivity contribution in [1.29, 1.82) is 0 Å². The molecule has 0 aliphatic carbocycles. The van der Waals surface area contributed by atoms with E-state index in [0.29, 0.717) is 32.7 Å². The molecular weight excluding hydrogens is 655 g/mol. The van der Waals surface area contributed by atoms with Crippen molar-refractivity contribution in [1.82, 2.24) is 0 Å². The van der Waals surface area contributed by atoms with E-state index in [1.807, 2.05) is 60.7 Å². The predicted molar refractivity (Wildman–Crippen MR) is 243 cm³/mol. The predicted octanol–water partition coefficient (Wildman–Crippen LogP) is 3.55. The molecule has 1 heterocycles. The lowest BCUT2D eigenvalue weighted by molar-refractivity contribution is 0.669. The smallest absolute Gasteiger partial charge is 0.136 e. The number of fused-ring (bicyclic) bond motifs is 7. The Hall–Kier alpha value is -5.66. The Morgan fingerprint density at radius 1 is 0.309 bits per heavy atom. The highest BCUT2D eigenvalue weighted by molar-refractivity contribution is 6.71. The van der Waals surface area contributed by atoms with Gasteiger partial charge in [-0.3, -0.25) is 0 Å². The van der Waals surface area contributed by atoms with Crippen LogP contribution in [0.15, 0.2) is 126 Å². The van der Waals surface area contributed by atoms with Crippen molar-refractivity contribution in [3.63, 3.8) is 0 Å². The highest BCUT2D eigenvalue weighted by Crippen LogP contribution is 2.45. The van der Waals surface area contributed by atoms with Crippen molar-refractivity contribution in [2.24, 2.45) is 0 Å². The fourth-order valence-corrected chi connectivity index (χ4v) is 8.51. The van der Waals surface area contributed by atoms with Gasteiger partial charge in [0.25, 0.3) is 0 Å². The minimum atomic E-state index is 0.175. The molecule has 10 rings (SSSR count). The first-order valence-corrected chi connectivity index (χ1v) is 17.8. The third-order valence-corrected chi connectivity index (χ3v) is 11.2. The first-order valence-electron chi connectivity index (χ1n) is 17.8. The Balaban J connectivity index is 1.33. The Morgan fingerprint density at radius 2 is 0.782 bits per heavy atom. The van der Waals surface area contributed by atoms with Crippen LogP contribution in [0.25, 0.3) is 98.4 Å². The van der Waals surface area contributed by atoms with Gasteiger partial charge in [0.2, 0.25) is 0 Å². The van der Waals surface area contributed by atoms with Crippen molar-refractivity contribution < 1.29 is 4.42 Å². The zero-order chi connectivity index (χ0) is 37.9. The summed E-state index contributed by atoms with van der Waals surface area (Å²) in [7, 11) is 54.3. The van der Waals surface area contributed by atoms with Gasteiger partial charge in [0.15, 0.2) is 0 Å². The summed E-state index contributed by atoms with van der Waals surface area (Å²) < 4.78 is 6.33. The van der Waals surface area contributed by atoms with E-state index in [2.05, 4.69) is 60.7 Å². The average molecular weight is 675 g/mol. The van der Waals surface area contributed by atoms with E-state index in [-0.39, 0.29) is 43.7 Å². The van der Waals surface area contributed by atoms with E-state index >= 15 is 0 Å². The summed E-state index contributed by atoms with van der Waals surface area (Å²) in [5, 5.41) is 8.65. The van der Waals surface area contributed by atoms with Gasteiger partial charge in [-0.2, -0.15) is 0 Å². The lowest BCUT2D eigenvalue weighted by Crippen LogP contribution is -2.50. The average Bonchev–Trinajstić information content (AvgIpc) is 3.57. The molecule has 0 N–H and O–H groups in total. The normalized spacial score (nSPS) is 11.9. The summed E-state index contributed by atoms with van der Waals surface area (Å²) in [5.41, 5.74) is 8.47. The molecule has 0 aliphatic heterocycles. The summed E-state index contributed by atoms with van der Waals surface area (Å²) in [6.07, 6.45) is 0. The lowest BCUT2D eigenvalue weighted by Gasteiger charge is -2.29. The number of hydrogen-bond acceptors (Lipinski definition) is 1. The first kappa shape index (κ1) is 33.9. The van der Waals surface area contributed by atoms with Crippen LogP contribution >= 0.6 is 0 Å². The number of benzene rings is 9. The maximum Gasteiger partial charge on any atom is 0.136 e. The molecular formula is C46H20B8O.